The van der Waals surface area contributed by atoms with Crippen LogP contribution in [0.1, 0.15) is 32.6 Å². The third-order valence-corrected chi connectivity index (χ3v) is 7.68. The predicted molar refractivity (Wildman–Crippen MR) is 97.0 cm³/mol. The van der Waals surface area contributed by atoms with E-state index in [1.54, 1.807) is 7.11 Å². The first kappa shape index (κ1) is 18.3. The van der Waals surface area contributed by atoms with Crippen molar-refractivity contribution >= 4 is 23.5 Å². The molecule has 8 heteroatoms. The van der Waals surface area contributed by atoms with E-state index in [9.17, 15) is 5.11 Å². The number of methoxy groups -OCH3 is 1. The molecular weight excluding hydrogens is 332 g/mol. The molecule has 7 atom stereocenters. The van der Waals surface area contributed by atoms with Crippen molar-refractivity contribution in [2.24, 2.45) is 5.92 Å². The molecule has 0 aromatic rings. The molecule has 6 nitrogen and oxygen atoms in total. The molecule has 1 saturated carbocycles. The fraction of sp³-hybridized carbons (Fsp3) is 1.00. The summed E-state index contributed by atoms with van der Waals surface area (Å²) in [4.78, 5) is 0. The van der Waals surface area contributed by atoms with E-state index in [1.807, 2.05) is 23.5 Å². The molecule has 134 valence electrons. The third kappa shape index (κ3) is 4.76. The summed E-state index contributed by atoms with van der Waals surface area (Å²) < 4.78 is 5.44. The highest BCUT2D eigenvalue weighted by Crippen LogP contribution is 2.36. The minimum atomic E-state index is -0.285. The Morgan fingerprint density at radius 3 is 2.87 bits per heavy atom. The Morgan fingerprint density at radius 1 is 1.26 bits per heavy atom. The van der Waals surface area contributed by atoms with Gasteiger partial charge in [-0.25, -0.2) is 10.9 Å². The van der Waals surface area contributed by atoms with Gasteiger partial charge in [-0.1, -0.05) is 6.92 Å². The molecule has 1 aliphatic carbocycles. The van der Waals surface area contributed by atoms with Crippen LogP contribution in [0.4, 0.5) is 0 Å². The second kappa shape index (κ2) is 8.71. The highest BCUT2D eigenvalue weighted by molar-refractivity contribution is 8.01. The molecule has 3 rings (SSSR count). The summed E-state index contributed by atoms with van der Waals surface area (Å²) >= 11 is 3.97. The maximum atomic E-state index is 9.95. The van der Waals surface area contributed by atoms with Crippen molar-refractivity contribution in [3.8, 4) is 0 Å². The summed E-state index contributed by atoms with van der Waals surface area (Å²) in [7, 11) is 1.71. The lowest BCUT2D eigenvalue weighted by Crippen LogP contribution is -2.43. The van der Waals surface area contributed by atoms with Crippen molar-refractivity contribution in [3.05, 3.63) is 0 Å². The number of thioether (sulfide) groups is 2. The van der Waals surface area contributed by atoms with Crippen LogP contribution < -0.4 is 21.5 Å². The van der Waals surface area contributed by atoms with Gasteiger partial charge in [-0.3, -0.25) is 5.32 Å². The average molecular weight is 363 g/mol. The summed E-state index contributed by atoms with van der Waals surface area (Å²) in [5, 5.41) is 17.8. The molecule has 0 aromatic heterocycles. The van der Waals surface area contributed by atoms with Crippen LogP contribution in [0, 0.1) is 5.92 Å². The molecule has 2 heterocycles. The lowest BCUT2D eigenvalue weighted by Gasteiger charge is -2.35. The van der Waals surface area contributed by atoms with E-state index in [4.69, 9.17) is 4.74 Å². The second-order valence-electron chi connectivity index (χ2n) is 6.66. The van der Waals surface area contributed by atoms with Gasteiger partial charge in [0.1, 0.15) is 5.50 Å². The second-order valence-corrected chi connectivity index (χ2v) is 8.97. The van der Waals surface area contributed by atoms with Crippen molar-refractivity contribution in [1.82, 2.24) is 21.5 Å². The predicted octanol–water partition coefficient (Wildman–Crippen LogP) is 0.644. The Balaban J connectivity index is 1.39. The molecule has 0 spiro atoms. The summed E-state index contributed by atoms with van der Waals surface area (Å²) in [5.74, 6) is 2.89. The molecule has 2 saturated heterocycles. The zero-order valence-corrected chi connectivity index (χ0v) is 15.6. The van der Waals surface area contributed by atoms with Gasteiger partial charge in [-0.2, -0.15) is 0 Å². The largest absolute Gasteiger partial charge is 0.390 e. The summed E-state index contributed by atoms with van der Waals surface area (Å²) in [6.07, 6.45) is 4.11. The van der Waals surface area contributed by atoms with Gasteiger partial charge in [0, 0.05) is 24.7 Å². The standard InChI is InChI=1S/C15H30N4O2S2/c1-3-13-17-15(19-18-13)23-8-10-7-22-14(16-10)9-4-5-11(20)12(6-9)21-2/h9-20H,3-8H2,1-2H3. The lowest BCUT2D eigenvalue weighted by atomic mass is 9.85. The van der Waals surface area contributed by atoms with Gasteiger partial charge in [-0.05, 0) is 31.6 Å². The summed E-state index contributed by atoms with van der Waals surface area (Å²) in [6.45, 7) is 2.17. The van der Waals surface area contributed by atoms with Gasteiger partial charge in [0.05, 0.1) is 23.7 Å². The van der Waals surface area contributed by atoms with Gasteiger partial charge < -0.3 is 15.2 Å². The van der Waals surface area contributed by atoms with E-state index in [0.29, 0.717) is 29.0 Å². The number of hydrazine groups is 1. The lowest BCUT2D eigenvalue weighted by molar-refractivity contribution is -0.0513. The van der Waals surface area contributed by atoms with Crippen LogP contribution in [-0.4, -0.2) is 59.0 Å². The fourth-order valence-corrected chi connectivity index (χ4v) is 6.22. The summed E-state index contributed by atoms with van der Waals surface area (Å²) in [6, 6.07) is 0.562. The van der Waals surface area contributed by atoms with Gasteiger partial charge >= 0.3 is 0 Å². The molecular formula is C15H30N4O2S2. The van der Waals surface area contributed by atoms with Crippen LogP contribution in [0.25, 0.3) is 0 Å². The van der Waals surface area contributed by atoms with Gasteiger partial charge in [0.2, 0.25) is 0 Å². The van der Waals surface area contributed by atoms with E-state index in [2.05, 4.69) is 28.4 Å². The van der Waals surface area contributed by atoms with Gasteiger partial charge in [-0.15, -0.1) is 23.5 Å². The highest BCUT2D eigenvalue weighted by atomic mass is 32.2. The zero-order valence-electron chi connectivity index (χ0n) is 14.0. The molecule has 5 N–H and O–H groups in total. The number of nitrogens with one attached hydrogen (secondary N) is 4. The number of aliphatic hydroxyl groups excluding tert-OH is 1. The minimum Gasteiger partial charge on any atom is -0.390 e. The fourth-order valence-electron chi connectivity index (χ4n) is 3.55. The van der Waals surface area contributed by atoms with Gasteiger partial charge in [0.15, 0.2) is 0 Å². The molecule has 0 amide bonds. The van der Waals surface area contributed by atoms with E-state index in [0.717, 1.165) is 31.4 Å². The quantitative estimate of drug-likeness (QED) is 0.471. The molecule has 0 radical (unpaired) electrons. The van der Waals surface area contributed by atoms with E-state index in [-0.39, 0.29) is 12.2 Å². The van der Waals surface area contributed by atoms with Crippen LogP contribution in [0.3, 0.4) is 0 Å². The first-order valence-corrected chi connectivity index (χ1v) is 10.8. The van der Waals surface area contributed by atoms with Crippen LogP contribution in [0.2, 0.25) is 0 Å². The molecule has 2 aliphatic heterocycles. The third-order valence-electron chi connectivity index (χ3n) is 5.02. The van der Waals surface area contributed by atoms with Crippen LogP contribution in [0.5, 0.6) is 0 Å². The highest BCUT2D eigenvalue weighted by Gasteiger charge is 2.37. The normalized spacial score (nSPS) is 44.7. The number of rotatable bonds is 6. The number of hydrogen-bond acceptors (Lipinski definition) is 8. The van der Waals surface area contributed by atoms with Crippen molar-refractivity contribution in [1.29, 1.82) is 0 Å². The van der Waals surface area contributed by atoms with Crippen LogP contribution in [-0.2, 0) is 4.74 Å². The Bertz CT molecular complexity index is 379. The van der Waals surface area contributed by atoms with Crippen LogP contribution in [0.15, 0.2) is 0 Å². The van der Waals surface area contributed by atoms with Crippen molar-refractivity contribution in [3.63, 3.8) is 0 Å². The number of aliphatic hydroxyl groups is 1. The number of ether oxygens (including phenoxy) is 1. The van der Waals surface area contributed by atoms with Crippen molar-refractivity contribution < 1.29 is 9.84 Å². The Morgan fingerprint density at radius 2 is 2.13 bits per heavy atom. The molecule has 0 aromatic carbocycles. The van der Waals surface area contributed by atoms with E-state index < -0.39 is 0 Å². The molecule has 23 heavy (non-hydrogen) atoms. The topological polar surface area (TPSA) is 77.6 Å². The molecule has 3 aliphatic rings. The Hall–Kier alpha value is 0.460. The molecule has 7 unspecified atom stereocenters. The Labute approximate surface area is 147 Å². The minimum absolute atomic E-state index is 0.00788. The monoisotopic (exact) mass is 362 g/mol. The molecule has 3 fully saturated rings. The van der Waals surface area contributed by atoms with Gasteiger partial charge in [0.25, 0.3) is 0 Å². The maximum Gasteiger partial charge on any atom is 0.119 e. The zero-order chi connectivity index (χ0) is 16.2. The van der Waals surface area contributed by atoms with Crippen molar-refractivity contribution in [2.45, 2.75) is 67.9 Å². The smallest absolute Gasteiger partial charge is 0.119 e. The maximum absolute atomic E-state index is 9.95. The first-order valence-electron chi connectivity index (χ1n) is 8.66. The first-order chi connectivity index (χ1) is 11.2. The SMILES string of the molecule is CCC1NNC(SCC2CSC(C3CCC(O)C(OC)C3)N2)N1. The summed E-state index contributed by atoms with van der Waals surface area (Å²) in [5.41, 5.74) is 6.86. The van der Waals surface area contributed by atoms with E-state index >= 15 is 0 Å². The average Bonchev–Trinajstić information content (AvgIpc) is 3.22. The van der Waals surface area contributed by atoms with Crippen LogP contribution >= 0.6 is 23.5 Å². The molecule has 0 bridgehead atoms. The Kier molecular flexibility index (Phi) is 6.91. The number of hydrogen-bond donors (Lipinski definition) is 5. The van der Waals surface area contributed by atoms with E-state index in [1.165, 1.54) is 5.75 Å². The van der Waals surface area contributed by atoms with Crippen molar-refractivity contribution in [2.75, 3.05) is 18.6 Å².